The molecular weight excluding hydrogens is 376 g/mol. The normalized spacial score (nSPS) is 22.4. The molecule has 0 radical (unpaired) electrons. The number of ether oxygens (including phenoxy) is 6. The number of fused-ring (bicyclic) bond motifs is 1. The van der Waals surface area contributed by atoms with Crippen molar-refractivity contribution in [3.05, 3.63) is 29.8 Å². The highest BCUT2D eigenvalue weighted by atomic mass is 16.7. The molecule has 2 aromatic carbocycles. The molecule has 0 aliphatic carbocycles. The molecule has 0 unspecified atom stereocenters. The summed E-state index contributed by atoms with van der Waals surface area (Å²) in [6.45, 7) is 4.07. The minimum absolute atomic E-state index is 0.0157. The van der Waals surface area contributed by atoms with E-state index in [1.165, 1.54) is 0 Å². The molecule has 2 aliphatic heterocycles. The summed E-state index contributed by atoms with van der Waals surface area (Å²) in [4.78, 5) is 12.3. The van der Waals surface area contributed by atoms with Crippen LogP contribution in [0.4, 0.5) is 0 Å². The largest absolute Gasteiger partial charge is 0.493 e. The third-order valence-corrected chi connectivity index (χ3v) is 5.71. The molecule has 2 aromatic rings. The molecule has 0 bridgehead atoms. The Balaban J connectivity index is 1.97. The fourth-order valence-electron chi connectivity index (χ4n) is 3.91. The van der Waals surface area contributed by atoms with Gasteiger partial charge in [0.1, 0.15) is 6.10 Å². The number of esters is 1. The monoisotopic (exact) mass is 400 g/mol. The number of methoxy groups -OCH3 is 3. The molecule has 0 N–H and O–H groups in total. The average molecular weight is 400 g/mol. The lowest BCUT2D eigenvalue weighted by Gasteiger charge is -2.24. The van der Waals surface area contributed by atoms with Gasteiger partial charge in [0.15, 0.2) is 23.0 Å². The minimum Gasteiger partial charge on any atom is -0.493 e. The molecule has 0 spiro atoms. The second-order valence-electron chi connectivity index (χ2n) is 7.18. The van der Waals surface area contributed by atoms with Gasteiger partial charge in [0, 0.05) is 17.0 Å². The number of carbonyl (C=O) groups excluding carboxylic acids is 1. The predicted octanol–water partition coefficient (Wildman–Crippen LogP) is 3.98. The van der Waals surface area contributed by atoms with Crippen molar-refractivity contribution in [2.45, 2.75) is 20.0 Å². The Kier molecular flexibility index (Phi) is 4.90. The Bertz CT molecular complexity index is 953. The van der Waals surface area contributed by atoms with E-state index in [4.69, 9.17) is 28.4 Å². The molecule has 3 atom stereocenters. The molecule has 154 valence electrons. The minimum atomic E-state index is -0.438. The highest BCUT2D eigenvalue weighted by Gasteiger charge is 2.42. The van der Waals surface area contributed by atoms with Crippen LogP contribution in [0.1, 0.15) is 25.5 Å². The maximum absolute atomic E-state index is 12.3. The molecule has 2 aliphatic rings. The molecule has 29 heavy (non-hydrogen) atoms. The smallest absolute Gasteiger partial charge is 0.309 e. The number of benzene rings is 2. The highest BCUT2D eigenvalue weighted by Crippen LogP contribution is 2.53. The van der Waals surface area contributed by atoms with Gasteiger partial charge < -0.3 is 28.4 Å². The van der Waals surface area contributed by atoms with Gasteiger partial charge in [-0.2, -0.15) is 0 Å². The zero-order valence-electron chi connectivity index (χ0n) is 17.1. The van der Waals surface area contributed by atoms with Gasteiger partial charge in [-0.15, -0.1) is 0 Å². The molecule has 2 heterocycles. The molecule has 0 amide bonds. The molecule has 7 heteroatoms. The topological polar surface area (TPSA) is 72.5 Å². The van der Waals surface area contributed by atoms with Crippen molar-refractivity contribution in [2.75, 3.05) is 28.1 Å². The van der Waals surface area contributed by atoms with Crippen LogP contribution in [0.3, 0.4) is 0 Å². The van der Waals surface area contributed by atoms with Gasteiger partial charge in [-0.05, 0) is 23.8 Å². The van der Waals surface area contributed by atoms with Crippen LogP contribution in [0, 0.1) is 11.8 Å². The molecule has 1 fully saturated rings. The first-order valence-electron chi connectivity index (χ1n) is 9.43. The van der Waals surface area contributed by atoms with Crippen LogP contribution in [0.2, 0.25) is 0 Å². The first-order chi connectivity index (χ1) is 14.0. The summed E-state index contributed by atoms with van der Waals surface area (Å²) in [5.74, 6) is 2.38. The molecule has 7 nitrogen and oxygen atoms in total. The van der Waals surface area contributed by atoms with E-state index in [0.717, 1.165) is 16.7 Å². The summed E-state index contributed by atoms with van der Waals surface area (Å²) in [5.41, 5.74) is 2.40. The van der Waals surface area contributed by atoms with Crippen molar-refractivity contribution in [2.24, 2.45) is 11.8 Å². The Morgan fingerprint density at radius 3 is 2.28 bits per heavy atom. The zero-order chi connectivity index (χ0) is 20.7. The van der Waals surface area contributed by atoms with E-state index in [1.54, 1.807) is 21.3 Å². The standard InChI is InChI=1S/C22H24O7/c1-11-12(2)22(23)29-19(11)14-9-17(24-3)20(25-4)21(26-5)18(14)13-6-7-15-16(8-13)28-10-27-15/h6-9,11-12,19H,10H2,1-5H3/t11-,12+,19+/m0/s1. The predicted molar refractivity (Wildman–Crippen MR) is 105 cm³/mol. The van der Waals surface area contributed by atoms with E-state index in [2.05, 4.69) is 0 Å². The zero-order valence-corrected chi connectivity index (χ0v) is 17.1. The van der Waals surface area contributed by atoms with Crippen molar-refractivity contribution in [1.82, 2.24) is 0 Å². The van der Waals surface area contributed by atoms with Crippen LogP contribution in [0.5, 0.6) is 28.7 Å². The molecule has 0 aromatic heterocycles. The van der Waals surface area contributed by atoms with Crippen LogP contribution in [-0.2, 0) is 9.53 Å². The van der Waals surface area contributed by atoms with Gasteiger partial charge in [0.25, 0.3) is 0 Å². The number of hydrogen-bond donors (Lipinski definition) is 0. The summed E-state index contributed by atoms with van der Waals surface area (Å²) < 4.78 is 33.6. The summed E-state index contributed by atoms with van der Waals surface area (Å²) in [7, 11) is 4.70. The molecule has 0 saturated carbocycles. The third-order valence-electron chi connectivity index (χ3n) is 5.71. The van der Waals surface area contributed by atoms with E-state index in [-0.39, 0.29) is 24.6 Å². The second-order valence-corrected chi connectivity index (χ2v) is 7.18. The lowest BCUT2D eigenvalue weighted by atomic mass is 9.85. The summed E-state index contributed by atoms with van der Waals surface area (Å²) >= 11 is 0. The van der Waals surface area contributed by atoms with Crippen molar-refractivity contribution < 1.29 is 33.2 Å². The van der Waals surface area contributed by atoms with Crippen LogP contribution < -0.4 is 23.7 Å². The number of cyclic esters (lactones) is 1. The Morgan fingerprint density at radius 2 is 1.66 bits per heavy atom. The molecule has 1 saturated heterocycles. The quantitative estimate of drug-likeness (QED) is 0.703. The van der Waals surface area contributed by atoms with E-state index in [1.807, 2.05) is 38.1 Å². The van der Waals surface area contributed by atoms with Gasteiger partial charge in [0.2, 0.25) is 12.5 Å². The fraction of sp³-hybridized carbons (Fsp3) is 0.409. The van der Waals surface area contributed by atoms with Crippen molar-refractivity contribution in [1.29, 1.82) is 0 Å². The van der Waals surface area contributed by atoms with E-state index < -0.39 is 6.10 Å². The maximum Gasteiger partial charge on any atom is 0.309 e. The van der Waals surface area contributed by atoms with Crippen molar-refractivity contribution in [3.63, 3.8) is 0 Å². The van der Waals surface area contributed by atoms with E-state index >= 15 is 0 Å². The van der Waals surface area contributed by atoms with Crippen LogP contribution >= 0.6 is 0 Å². The van der Waals surface area contributed by atoms with Gasteiger partial charge in [0.05, 0.1) is 27.2 Å². The third kappa shape index (κ3) is 3.01. The SMILES string of the molecule is COc1cc([C@@H]2OC(=O)[C@H](C)[C@@H]2C)c(-c2ccc3c(c2)OCO3)c(OC)c1OC. The van der Waals surface area contributed by atoms with Gasteiger partial charge >= 0.3 is 5.97 Å². The summed E-state index contributed by atoms with van der Waals surface area (Å²) in [6.07, 6.45) is -0.438. The van der Waals surface area contributed by atoms with Gasteiger partial charge in [-0.3, -0.25) is 4.79 Å². The van der Waals surface area contributed by atoms with E-state index in [9.17, 15) is 4.79 Å². The lowest BCUT2D eigenvalue weighted by molar-refractivity contribution is -0.144. The summed E-state index contributed by atoms with van der Waals surface area (Å²) in [6, 6.07) is 7.52. The van der Waals surface area contributed by atoms with Crippen LogP contribution in [0.25, 0.3) is 11.1 Å². The summed E-state index contributed by atoms with van der Waals surface area (Å²) in [5, 5.41) is 0. The van der Waals surface area contributed by atoms with Crippen molar-refractivity contribution >= 4 is 5.97 Å². The average Bonchev–Trinajstić information content (AvgIpc) is 3.31. The number of carbonyl (C=O) groups is 1. The van der Waals surface area contributed by atoms with Gasteiger partial charge in [-0.25, -0.2) is 0 Å². The molecular formula is C22H24O7. The fourth-order valence-corrected chi connectivity index (χ4v) is 3.91. The maximum atomic E-state index is 12.3. The van der Waals surface area contributed by atoms with Crippen LogP contribution in [0.15, 0.2) is 24.3 Å². The molecule has 4 rings (SSSR count). The van der Waals surface area contributed by atoms with Gasteiger partial charge in [-0.1, -0.05) is 19.9 Å². The number of rotatable bonds is 5. The highest BCUT2D eigenvalue weighted by molar-refractivity contribution is 5.83. The first kappa shape index (κ1) is 19.2. The Hall–Kier alpha value is -3.09. The van der Waals surface area contributed by atoms with Crippen molar-refractivity contribution in [3.8, 4) is 39.9 Å². The first-order valence-corrected chi connectivity index (χ1v) is 9.43. The number of hydrogen-bond acceptors (Lipinski definition) is 7. The van der Waals surface area contributed by atoms with E-state index in [0.29, 0.717) is 28.7 Å². The lowest BCUT2D eigenvalue weighted by Crippen LogP contribution is -2.11. The Labute approximate surface area is 169 Å². The Morgan fingerprint density at radius 1 is 0.931 bits per heavy atom. The second kappa shape index (κ2) is 7.39. The van der Waals surface area contributed by atoms with Crippen LogP contribution in [-0.4, -0.2) is 34.1 Å².